The molecule has 2 heterocycles. The number of hydrogen-bond donors (Lipinski definition) is 0. The number of rotatable bonds is 2. The first-order valence-corrected chi connectivity index (χ1v) is 6.41. The molecule has 0 N–H and O–H groups in total. The third kappa shape index (κ3) is 1.51. The van der Waals surface area contributed by atoms with Crippen molar-refractivity contribution >= 4 is 10.8 Å². The summed E-state index contributed by atoms with van der Waals surface area (Å²) in [6.07, 6.45) is 2.98. The standard InChI is InChI=1S/C15H17NO/c1-3-10-11-6-5-7-14-15(11)13(8-9-17-14)16-12(10)4-2/h5-7H,3-4,8-9H2,1-2H3. The molecule has 0 unspecified atom stereocenters. The predicted molar refractivity (Wildman–Crippen MR) is 69.7 cm³/mol. The van der Waals surface area contributed by atoms with Gasteiger partial charge in [0.2, 0.25) is 0 Å². The highest BCUT2D eigenvalue weighted by Gasteiger charge is 2.18. The number of nitrogens with zero attached hydrogens (tertiary/aromatic N) is 1. The van der Waals surface area contributed by atoms with Gasteiger partial charge in [0.25, 0.3) is 0 Å². The molecule has 0 aliphatic carbocycles. The molecule has 1 aromatic heterocycles. The van der Waals surface area contributed by atoms with Crippen molar-refractivity contribution in [3.8, 4) is 5.75 Å². The molecule has 3 rings (SSSR count). The minimum atomic E-state index is 0.758. The second-order valence-electron chi connectivity index (χ2n) is 4.47. The quantitative estimate of drug-likeness (QED) is 0.785. The van der Waals surface area contributed by atoms with Gasteiger partial charge in [-0.25, -0.2) is 0 Å². The molecule has 0 fully saturated rings. The Morgan fingerprint density at radius 1 is 1.24 bits per heavy atom. The number of ether oxygens (including phenoxy) is 1. The Kier molecular flexibility index (Phi) is 2.50. The molecule has 2 heteroatoms. The molecule has 0 atom stereocenters. The van der Waals surface area contributed by atoms with E-state index in [1.165, 1.54) is 27.7 Å². The lowest BCUT2D eigenvalue weighted by atomic mass is 9.96. The summed E-state index contributed by atoms with van der Waals surface area (Å²) < 4.78 is 5.73. The molecular weight excluding hydrogens is 210 g/mol. The molecule has 88 valence electrons. The van der Waals surface area contributed by atoms with Crippen molar-refractivity contribution in [2.75, 3.05) is 6.61 Å². The maximum absolute atomic E-state index is 5.73. The van der Waals surface area contributed by atoms with E-state index >= 15 is 0 Å². The van der Waals surface area contributed by atoms with Crippen LogP contribution in [0.1, 0.15) is 30.8 Å². The highest BCUT2D eigenvalue weighted by atomic mass is 16.5. The van der Waals surface area contributed by atoms with Crippen LogP contribution >= 0.6 is 0 Å². The van der Waals surface area contributed by atoms with E-state index in [0.29, 0.717) is 0 Å². The number of aromatic nitrogens is 1. The van der Waals surface area contributed by atoms with Gasteiger partial charge in [-0.1, -0.05) is 26.0 Å². The molecule has 1 aliphatic rings. The van der Waals surface area contributed by atoms with Crippen LogP contribution in [0.2, 0.25) is 0 Å². The minimum Gasteiger partial charge on any atom is -0.492 e. The Hall–Kier alpha value is -1.57. The predicted octanol–water partition coefficient (Wildman–Crippen LogP) is 3.29. The van der Waals surface area contributed by atoms with Crippen molar-refractivity contribution < 1.29 is 4.74 Å². The van der Waals surface area contributed by atoms with Crippen molar-refractivity contribution in [2.45, 2.75) is 33.1 Å². The maximum atomic E-state index is 5.73. The van der Waals surface area contributed by atoms with Crippen LogP contribution in [0.5, 0.6) is 5.75 Å². The molecule has 2 nitrogen and oxygen atoms in total. The van der Waals surface area contributed by atoms with Gasteiger partial charge in [-0.2, -0.15) is 0 Å². The maximum Gasteiger partial charge on any atom is 0.128 e. The second-order valence-corrected chi connectivity index (χ2v) is 4.47. The minimum absolute atomic E-state index is 0.758. The lowest BCUT2D eigenvalue weighted by molar-refractivity contribution is 0.316. The fourth-order valence-electron chi connectivity index (χ4n) is 2.77. The molecule has 0 amide bonds. The SMILES string of the molecule is CCc1nc2c3c(cccc3c1CC)OCC2. The van der Waals surface area contributed by atoms with Crippen LogP contribution in [0.3, 0.4) is 0 Å². The highest BCUT2D eigenvalue weighted by Crippen LogP contribution is 2.34. The Labute approximate surface area is 102 Å². The number of benzene rings is 1. The van der Waals surface area contributed by atoms with Gasteiger partial charge in [-0.05, 0) is 29.9 Å². The van der Waals surface area contributed by atoms with Crippen LogP contribution in [0.15, 0.2) is 18.2 Å². The van der Waals surface area contributed by atoms with Crippen molar-refractivity contribution in [3.05, 3.63) is 35.2 Å². The van der Waals surface area contributed by atoms with E-state index in [2.05, 4.69) is 32.0 Å². The fourth-order valence-corrected chi connectivity index (χ4v) is 2.77. The van der Waals surface area contributed by atoms with E-state index in [-0.39, 0.29) is 0 Å². The largest absolute Gasteiger partial charge is 0.492 e. The lowest BCUT2D eigenvalue weighted by Crippen LogP contribution is -2.12. The van der Waals surface area contributed by atoms with Crippen molar-refractivity contribution in [3.63, 3.8) is 0 Å². The lowest BCUT2D eigenvalue weighted by Gasteiger charge is -2.20. The van der Waals surface area contributed by atoms with Crippen molar-refractivity contribution in [1.82, 2.24) is 4.98 Å². The summed E-state index contributed by atoms with van der Waals surface area (Å²) >= 11 is 0. The van der Waals surface area contributed by atoms with Gasteiger partial charge in [-0.15, -0.1) is 0 Å². The number of aryl methyl sites for hydroxylation is 2. The van der Waals surface area contributed by atoms with Crippen LogP contribution in [0, 0.1) is 0 Å². The summed E-state index contributed by atoms with van der Waals surface area (Å²) in [4.78, 5) is 4.84. The van der Waals surface area contributed by atoms with E-state index in [0.717, 1.165) is 31.6 Å². The number of pyridine rings is 1. The molecular formula is C15H17NO. The van der Waals surface area contributed by atoms with Gasteiger partial charge >= 0.3 is 0 Å². The van der Waals surface area contributed by atoms with Crippen LogP contribution < -0.4 is 4.74 Å². The first-order valence-electron chi connectivity index (χ1n) is 6.41. The summed E-state index contributed by atoms with van der Waals surface area (Å²) in [5.74, 6) is 1.01. The first-order chi connectivity index (χ1) is 8.35. The van der Waals surface area contributed by atoms with Gasteiger partial charge in [0, 0.05) is 17.5 Å². The monoisotopic (exact) mass is 227 g/mol. The van der Waals surface area contributed by atoms with Crippen molar-refractivity contribution in [1.29, 1.82) is 0 Å². The third-order valence-electron chi connectivity index (χ3n) is 3.54. The summed E-state index contributed by atoms with van der Waals surface area (Å²) in [5, 5.41) is 2.58. The van der Waals surface area contributed by atoms with Gasteiger partial charge in [0.1, 0.15) is 5.75 Å². The Balaban J connectivity index is 2.43. The Morgan fingerprint density at radius 2 is 2.12 bits per heavy atom. The molecule has 0 bridgehead atoms. The van der Waals surface area contributed by atoms with Crippen LogP contribution in [-0.2, 0) is 19.3 Å². The molecule has 1 aromatic carbocycles. The smallest absolute Gasteiger partial charge is 0.128 e. The molecule has 0 saturated heterocycles. The zero-order chi connectivity index (χ0) is 11.8. The van der Waals surface area contributed by atoms with Gasteiger partial charge in [-0.3, -0.25) is 4.98 Å². The van der Waals surface area contributed by atoms with E-state index in [1.54, 1.807) is 0 Å². The van der Waals surface area contributed by atoms with E-state index < -0.39 is 0 Å². The van der Waals surface area contributed by atoms with Crippen LogP contribution in [0.4, 0.5) is 0 Å². The normalized spacial score (nSPS) is 13.8. The molecule has 0 spiro atoms. The zero-order valence-corrected chi connectivity index (χ0v) is 10.4. The van der Waals surface area contributed by atoms with Gasteiger partial charge in [0.15, 0.2) is 0 Å². The zero-order valence-electron chi connectivity index (χ0n) is 10.4. The first kappa shape index (κ1) is 10.6. The molecule has 0 radical (unpaired) electrons. The van der Waals surface area contributed by atoms with E-state index in [1.807, 2.05) is 0 Å². The molecule has 1 aliphatic heterocycles. The summed E-state index contributed by atoms with van der Waals surface area (Å²) in [6.45, 7) is 5.14. The summed E-state index contributed by atoms with van der Waals surface area (Å²) in [6, 6.07) is 6.35. The second kappa shape index (κ2) is 4.02. The Bertz CT molecular complexity index is 575. The van der Waals surface area contributed by atoms with Gasteiger partial charge in [0.05, 0.1) is 12.3 Å². The van der Waals surface area contributed by atoms with Crippen molar-refractivity contribution in [2.24, 2.45) is 0 Å². The highest BCUT2D eigenvalue weighted by molar-refractivity contribution is 5.93. The Morgan fingerprint density at radius 3 is 2.88 bits per heavy atom. The molecule has 0 saturated carbocycles. The summed E-state index contributed by atoms with van der Waals surface area (Å²) in [5.41, 5.74) is 3.86. The average Bonchev–Trinajstić information content (AvgIpc) is 2.39. The molecule has 2 aromatic rings. The van der Waals surface area contributed by atoms with Crippen LogP contribution in [-0.4, -0.2) is 11.6 Å². The van der Waals surface area contributed by atoms with Crippen LogP contribution in [0.25, 0.3) is 10.8 Å². The summed E-state index contributed by atoms with van der Waals surface area (Å²) in [7, 11) is 0. The van der Waals surface area contributed by atoms with E-state index in [4.69, 9.17) is 9.72 Å². The topological polar surface area (TPSA) is 22.1 Å². The van der Waals surface area contributed by atoms with E-state index in [9.17, 15) is 0 Å². The fraction of sp³-hybridized carbons (Fsp3) is 0.400. The van der Waals surface area contributed by atoms with Gasteiger partial charge < -0.3 is 4.74 Å². The average molecular weight is 227 g/mol. The molecule has 17 heavy (non-hydrogen) atoms. The third-order valence-corrected chi connectivity index (χ3v) is 3.54. The number of hydrogen-bond acceptors (Lipinski definition) is 2.